The lowest BCUT2D eigenvalue weighted by Crippen LogP contribution is -2.00. The molecule has 378 valence electrons. The minimum atomic E-state index is 0.483. The molecule has 15 rings (SSSR count). The Labute approximate surface area is 451 Å². The van der Waals surface area contributed by atoms with Gasteiger partial charge in [-0.15, -0.1) is 0 Å². The predicted octanol–water partition coefficient (Wildman–Crippen LogP) is 17.3. The average Bonchev–Trinajstić information content (AvgIpc) is 4.45. The van der Waals surface area contributed by atoms with E-state index >= 15 is 0 Å². The standard InChI is InChI=1S/C68H54N8O2/c1-2-14-45(13-1)49-29-53(73-41-69-61-17-5-9-21-65(61)73)37-57(33-49)77-59-35-51(31-55(39-59)75-43-71-63-19-7-11-23-67(63)75)47-25-27-48(28-26-47)52-32-56(76-44-72-64-20-8-12-24-68(64)76)40-60(36-52)78-58-34-50(46-15-3-4-16-46)30-54(38-58)74-42-70-62-18-6-10-22-66(62)74/h5-12,17-46H,1-4,13-16H2. The van der Waals surface area contributed by atoms with Gasteiger partial charge in [0.25, 0.3) is 0 Å². The van der Waals surface area contributed by atoms with E-state index in [0.717, 1.165) is 112 Å². The van der Waals surface area contributed by atoms with Gasteiger partial charge in [-0.3, -0.25) is 18.3 Å². The molecule has 10 heteroatoms. The molecule has 0 spiro atoms. The summed E-state index contributed by atoms with van der Waals surface area (Å²) in [5.74, 6) is 4.02. The van der Waals surface area contributed by atoms with Gasteiger partial charge in [-0.25, -0.2) is 19.9 Å². The minimum Gasteiger partial charge on any atom is -0.457 e. The van der Waals surface area contributed by atoms with Gasteiger partial charge in [-0.1, -0.05) is 98.5 Å². The van der Waals surface area contributed by atoms with Gasteiger partial charge in [-0.2, -0.15) is 0 Å². The number of aromatic nitrogens is 8. The third kappa shape index (κ3) is 8.55. The molecule has 2 aliphatic carbocycles. The Bertz CT molecular complexity index is 4100. The lowest BCUT2D eigenvalue weighted by Gasteiger charge is -2.18. The number of imidazole rings is 4. The molecule has 0 amide bonds. The Morgan fingerprint density at radius 3 is 0.923 bits per heavy atom. The number of hydrogen-bond acceptors (Lipinski definition) is 6. The van der Waals surface area contributed by atoms with Gasteiger partial charge >= 0.3 is 0 Å². The zero-order valence-corrected chi connectivity index (χ0v) is 43.0. The van der Waals surface area contributed by atoms with Crippen LogP contribution in [0.2, 0.25) is 0 Å². The van der Waals surface area contributed by atoms with Crippen LogP contribution in [0.3, 0.4) is 0 Å². The molecule has 2 saturated carbocycles. The summed E-state index contributed by atoms with van der Waals surface area (Å²) >= 11 is 0. The molecule has 4 heterocycles. The molecule has 0 atom stereocenters. The highest BCUT2D eigenvalue weighted by Crippen LogP contribution is 2.42. The van der Waals surface area contributed by atoms with Crippen LogP contribution in [0.25, 0.3) is 89.1 Å². The lowest BCUT2D eigenvalue weighted by atomic mass is 9.96. The maximum atomic E-state index is 7.07. The summed E-state index contributed by atoms with van der Waals surface area (Å²) in [6.45, 7) is 0. The predicted molar refractivity (Wildman–Crippen MR) is 311 cm³/mol. The molecule has 0 aliphatic heterocycles. The van der Waals surface area contributed by atoms with E-state index in [1.165, 1.54) is 62.5 Å². The van der Waals surface area contributed by atoms with E-state index in [-0.39, 0.29) is 0 Å². The second kappa shape index (κ2) is 19.2. The van der Waals surface area contributed by atoms with Crippen LogP contribution >= 0.6 is 0 Å². The fourth-order valence-electron chi connectivity index (χ4n) is 12.3. The molecule has 0 saturated heterocycles. The Kier molecular flexibility index (Phi) is 11.3. The molecule has 0 N–H and O–H groups in total. The molecule has 0 unspecified atom stereocenters. The van der Waals surface area contributed by atoms with Crippen LogP contribution in [-0.2, 0) is 0 Å². The second-order valence-electron chi connectivity index (χ2n) is 21.1. The summed E-state index contributed by atoms with van der Waals surface area (Å²) < 4.78 is 22.8. The lowest BCUT2D eigenvalue weighted by molar-refractivity contribution is 0.480. The molecule has 2 fully saturated rings. The molecule has 9 aromatic carbocycles. The average molecular weight is 1020 g/mol. The largest absolute Gasteiger partial charge is 0.457 e. The summed E-state index contributed by atoms with van der Waals surface area (Å²) in [5.41, 5.74) is 18.7. The van der Waals surface area contributed by atoms with Gasteiger partial charge in [-0.05, 0) is 168 Å². The van der Waals surface area contributed by atoms with Crippen LogP contribution in [-0.4, -0.2) is 38.2 Å². The highest BCUT2D eigenvalue weighted by molar-refractivity contribution is 5.82. The Balaban J connectivity index is 0.819. The van der Waals surface area contributed by atoms with E-state index in [1.54, 1.807) is 0 Å². The van der Waals surface area contributed by atoms with E-state index < -0.39 is 0 Å². The number of fused-ring (bicyclic) bond motifs is 4. The number of ether oxygens (including phenoxy) is 2. The van der Waals surface area contributed by atoms with Crippen molar-refractivity contribution in [2.75, 3.05) is 0 Å². The smallest absolute Gasteiger partial charge is 0.130 e. The topological polar surface area (TPSA) is 89.7 Å². The first-order chi connectivity index (χ1) is 38.6. The van der Waals surface area contributed by atoms with Gasteiger partial charge in [0.15, 0.2) is 0 Å². The fourth-order valence-corrected chi connectivity index (χ4v) is 12.3. The summed E-state index contributed by atoms with van der Waals surface area (Å²) in [6, 6.07) is 68.4. The second-order valence-corrected chi connectivity index (χ2v) is 21.1. The summed E-state index contributed by atoms with van der Waals surface area (Å²) in [5, 5.41) is 0. The third-order valence-corrected chi connectivity index (χ3v) is 16.2. The molecule has 2 aliphatic rings. The molecule has 13 aromatic rings. The zero-order chi connectivity index (χ0) is 51.5. The molecule has 0 radical (unpaired) electrons. The normalized spacial score (nSPS) is 14.2. The van der Waals surface area contributed by atoms with E-state index in [0.29, 0.717) is 11.8 Å². The molecule has 4 aromatic heterocycles. The van der Waals surface area contributed by atoms with Crippen LogP contribution in [0.5, 0.6) is 23.0 Å². The Morgan fingerprint density at radius 2 is 0.590 bits per heavy atom. The van der Waals surface area contributed by atoms with Gasteiger partial charge < -0.3 is 9.47 Å². The highest BCUT2D eigenvalue weighted by atomic mass is 16.5. The van der Waals surface area contributed by atoms with E-state index in [4.69, 9.17) is 29.4 Å². The third-order valence-electron chi connectivity index (χ3n) is 16.2. The van der Waals surface area contributed by atoms with Crippen LogP contribution in [0.1, 0.15) is 74.3 Å². The van der Waals surface area contributed by atoms with Crippen molar-refractivity contribution >= 4 is 44.1 Å². The first kappa shape index (κ1) is 45.8. The van der Waals surface area contributed by atoms with Gasteiger partial charge in [0.05, 0.1) is 66.9 Å². The van der Waals surface area contributed by atoms with Crippen molar-refractivity contribution in [3.63, 3.8) is 0 Å². The quantitative estimate of drug-likeness (QED) is 0.121. The maximum absolute atomic E-state index is 7.07. The molecular formula is C68H54N8O2. The summed E-state index contributed by atoms with van der Waals surface area (Å²) in [6.07, 6.45) is 17.3. The van der Waals surface area contributed by atoms with Gasteiger partial charge in [0, 0.05) is 24.3 Å². The maximum Gasteiger partial charge on any atom is 0.130 e. The van der Waals surface area contributed by atoms with Crippen molar-refractivity contribution in [1.29, 1.82) is 0 Å². The number of hydrogen-bond donors (Lipinski definition) is 0. The van der Waals surface area contributed by atoms with Crippen LogP contribution in [0, 0.1) is 0 Å². The zero-order valence-electron chi connectivity index (χ0n) is 43.0. The van der Waals surface area contributed by atoms with Crippen LogP contribution in [0.15, 0.2) is 219 Å². The Hall–Kier alpha value is -9.54. The molecule has 10 nitrogen and oxygen atoms in total. The van der Waals surface area contributed by atoms with E-state index in [1.807, 2.05) is 49.6 Å². The van der Waals surface area contributed by atoms with Crippen LogP contribution in [0.4, 0.5) is 0 Å². The minimum absolute atomic E-state index is 0.483. The van der Waals surface area contributed by atoms with Crippen molar-refractivity contribution in [3.8, 4) is 68.0 Å². The summed E-state index contributed by atoms with van der Waals surface area (Å²) in [7, 11) is 0. The van der Waals surface area contributed by atoms with Crippen molar-refractivity contribution in [1.82, 2.24) is 38.2 Å². The Morgan fingerprint density at radius 1 is 0.295 bits per heavy atom. The molecule has 0 bridgehead atoms. The van der Waals surface area contributed by atoms with E-state index in [9.17, 15) is 0 Å². The van der Waals surface area contributed by atoms with Crippen LogP contribution < -0.4 is 9.47 Å². The number of para-hydroxylation sites is 8. The molecule has 78 heavy (non-hydrogen) atoms. The number of rotatable bonds is 12. The van der Waals surface area contributed by atoms with Crippen molar-refractivity contribution < 1.29 is 9.47 Å². The van der Waals surface area contributed by atoms with Crippen molar-refractivity contribution in [3.05, 3.63) is 231 Å². The van der Waals surface area contributed by atoms with Gasteiger partial charge in [0.1, 0.15) is 48.3 Å². The van der Waals surface area contributed by atoms with Crippen molar-refractivity contribution in [2.45, 2.75) is 63.2 Å². The van der Waals surface area contributed by atoms with Gasteiger partial charge in [0.2, 0.25) is 0 Å². The van der Waals surface area contributed by atoms with E-state index in [2.05, 4.69) is 188 Å². The summed E-state index contributed by atoms with van der Waals surface area (Å²) in [4.78, 5) is 19.1. The molecular weight excluding hydrogens is 961 g/mol. The first-order valence-electron chi connectivity index (χ1n) is 27.3. The number of benzene rings is 9. The SMILES string of the molecule is c1ccc2c(c1)ncn2-c1cc(Oc2cc(C3CCCC3)cc(-n3cnc4ccccc43)c2)cc(-c2ccc(-c3cc(Oc4cc(C5CCCC5)cc(-n5cnc6ccccc65)c4)cc(-n4cnc5ccccc54)c3)cc2)c1. The highest BCUT2D eigenvalue weighted by Gasteiger charge is 2.23. The van der Waals surface area contributed by atoms with Crippen molar-refractivity contribution in [2.24, 2.45) is 0 Å². The monoisotopic (exact) mass is 1010 g/mol. The first-order valence-corrected chi connectivity index (χ1v) is 27.3. The number of nitrogens with zero attached hydrogens (tertiary/aromatic N) is 8. The fraction of sp³-hybridized carbons (Fsp3) is 0.147.